The van der Waals surface area contributed by atoms with Crippen LogP contribution >= 0.6 is 11.6 Å². The number of hydrogen-bond donors (Lipinski definition) is 1. The maximum Gasteiger partial charge on any atom is 0.0518 e. The van der Waals surface area contributed by atoms with E-state index in [-0.39, 0.29) is 0 Å². The average Bonchev–Trinajstić information content (AvgIpc) is 2.73. The third kappa shape index (κ3) is 3.08. The molecule has 2 rings (SSSR count). The molecule has 1 aromatic carbocycles. The molecule has 2 aromatic rings. The largest absolute Gasteiger partial charge is 0.305 e. The topological polar surface area (TPSA) is 29.9 Å². The lowest BCUT2D eigenvalue weighted by atomic mass is 10.1. The first kappa shape index (κ1) is 12.1. The van der Waals surface area contributed by atoms with Crippen LogP contribution in [-0.4, -0.2) is 9.78 Å². The van der Waals surface area contributed by atoms with E-state index in [2.05, 4.69) is 17.3 Å². The molecule has 1 aromatic heterocycles. The minimum atomic E-state index is 0.294. The molecule has 1 heterocycles. The highest BCUT2D eigenvalue weighted by atomic mass is 35.5. The normalized spacial score (nSPS) is 12.6. The van der Waals surface area contributed by atoms with Crippen LogP contribution in [0.5, 0.6) is 0 Å². The lowest BCUT2D eigenvalue weighted by molar-refractivity contribution is 0.548. The van der Waals surface area contributed by atoms with Crippen molar-refractivity contribution in [3.05, 3.63) is 52.8 Å². The molecule has 17 heavy (non-hydrogen) atoms. The van der Waals surface area contributed by atoms with Crippen LogP contribution in [0.25, 0.3) is 0 Å². The molecule has 0 spiro atoms. The number of rotatable bonds is 4. The first-order chi connectivity index (χ1) is 8.16. The van der Waals surface area contributed by atoms with Crippen molar-refractivity contribution >= 4 is 11.6 Å². The van der Waals surface area contributed by atoms with Crippen LogP contribution in [-0.2, 0) is 13.6 Å². The molecule has 0 unspecified atom stereocenters. The van der Waals surface area contributed by atoms with Crippen molar-refractivity contribution < 1.29 is 0 Å². The summed E-state index contributed by atoms with van der Waals surface area (Å²) in [6.45, 7) is 2.94. The molecule has 0 bridgehead atoms. The maximum absolute atomic E-state index is 5.86. The zero-order chi connectivity index (χ0) is 12.3. The van der Waals surface area contributed by atoms with E-state index in [0.29, 0.717) is 6.04 Å². The van der Waals surface area contributed by atoms with Crippen LogP contribution < -0.4 is 5.32 Å². The molecule has 0 radical (unpaired) electrons. The Morgan fingerprint density at radius 3 is 2.59 bits per heavy atom. The minimum absolute atomic E-state index is 0.294. The highest BCUT2D eigenvalue weighted by Gasteiger charge is 2.05. The summed E-state index contributed by atoms with van der Waals surface area (Å²) in [6.07, 6.45) is 1.81. The molecule has 4 heteroatoms. The highest BCUT2D eigenvalue weighted by Crippen LogP contribution is 2.16. The zero-order valence-electron chi connectivity index (χ0n) is 10.0. The predicted octanol–water partition coefficient (Wildman–Crippen LogP) is 2.92. The molecular formula is C13H16ClN3. The summed E-state index contributed by atoms with van der Waals surface area (Å²) in [5, 5.41) is 8.37. The standard InChI is InChI=1S/C13H16ClN3/c1-10(11-3-5-12(14)6-4-11)15-9-13-7-8-16-17(13)2/h3-8,10,15H,9H2,1-2H3/t10-/m1/s1. The fourth-order valence-corrected chi connectivity index (χ4v) is 1.83. The second kappa shape index (κ2) is 5.34. The van der Waals surface area contributed by atoms with Crippen molar-refractivity contribution in [1.29, 1.82) is 0 Å². The van der Waals surface area contributed by atoms with Crippen LogP contribution in [0.1, 0.15) is 24.2 Å². The molecular weight excluding hydrogens is 234 g/mol. The van der Waals surface area contributed by atoms with Gasteiger partial charge in [0.05, 0.1) is 5.69 Å². The van der Waals surface area contributed by atoms with E-state index < -0.39 is 0 Å². The van der Waals surface area contributed by atoms with E-state index in [0.717, 1.165) is 11.6 Å². The molecule has 0 aliphatic rings. The second-order valence-electron chi connectivity index (χ2n) is 4.10. The van der Waals surface area contributed by atoms with Gasteiger partial charge in [-0.2, -0.15) is 5.10 Å². The number of aromatic nitrogens is 2. The fourth-order valence-electron chi connectivity index (χ4n) is 1.70. The number of aryl methyl sites for hydroxylation is 1. The summed E-state index contributed by atoms with van der Waals surface area (Å²) in [5.74, 6) is 0. The van der Waals surface area contributed by atoms with Gasteiger partial charge in [-0.1, -0.05) is 23.7 Å². The number of hydrogen-bond acceptors (Lipinski definition) is 2. The van der Waals surface area contributed by atoms with Gasteiger partial charge >= 0.3 is 0 Å². The molecule has 1 atom stereocenters. The second-order valence-corrected chi connectivity index (χ2v) is 4.54. The van der Waals surface area contributed by atoms with E-state index >= 15 is 0 Å². The van der Waals surface area contributed by atoms with Gasteiger partial charge in [-0.25, -0.2) is 0 Å². The van der Waals surface area contributed by atoms with Gasteiger partial charge in [0, 0.05) is 30.9 Å². The van der Waals surface area contributed by atoms with Gasteiger partial charge < -0.3 is 5.32 Å². The van der Waals surface area contributed by atoms with E-state index in [1.54, 1.807) is 0 Å². The Labute approximate surface area is 106 Å². The van der Waals surface area contributed by atoms with Gasteiger partial charge in [0.1, 0.15) is 0 Å². The molecule has 0 aliphatic heterocycles. The van der Waals surface area contributed by atoms with Crippen LogP contribution in [0.3, 0.4) is 0 Å². The van der Waals surface area contributed by atoms with Crippen molar-refractivity contribution in [2.75, 3.05) is 0 Å². The number of benzene rings is 1. The molecule has 0 fully saturated rings. The summed E-state index contributed by atoms with van der Waals surface area (Å²) in [6, 6.07) is 10.2. The lowest BCUT2D eigenvalue weighted by Crippen LogP contribution is -2.19. The van der Waals surface area contributed by atoms with E-state index in [1.807, 2.05) is 48.3 Å². The molecule has 0 saturated heterocycles. The Morgan fingerprint density at radius 2 is 2.00 bits per heavy atom. The Hall–Kier alpha value is -1.32. The fraction of sp³-hybridized carbons (Fsp3) is 0.308. The number of halogens is 1. The monoisotopic (exact) mass is 249 g/mol. The van der Waals surface area contributed by atoms with Crippen LogP contribution in [0, 0.1) is 0 Å². The van der Waals surface area contributed by atoms with Gasteiger partial charge in [0.15, 0.2) is 0 Å². The van der Waals surface area contributed by atoms with Gasteiger partial charge in [-0.3, -0.25) is 4.68 Å². The molecule has 0 aliphatic carbocycles. The van der Waals surface area contributed by atoms with Gasteiger partial charge in [0.2, 0.25) is 0 Å². The Morgan fingerprint density at radius 1 is 1.29 bits per heavy atom. The van der Waals surface area contributed by atoms with Crippen LogP contribution in [0.2, 0.25) is 5.02 Å². The Balaban J connectivity index is 1.95. The summed E-state index contributed by atoms with van der Waals surface area (Å²) >= 11 is 5.86. The maximum atomic E-state index is 5.86. The molecule has 3 nitrogen and oxygen atoms in total. The highest BCUT2D eigenvalue weighted by molar-refractivity contribution is 6.30. The summed E-state index contributed by atoms with van der Waals surface area (Å²) < 4.78 is 1.88. The van der Waals surface area contributed by atoms with Crippen molar-refractivity contribution in [3.63, 3.8) is 0 Å². The third-order valence-corrected chi connectivity index (χ3v) is 3.13. The first-order valence-electron chi connectivity index (χ1n) is 5.62. The van der Waals surface area contributed by atoms with Crippen molar-refractivity contribution in [2.24, 2.45) is 7.05 Å². The van der Waals surface area contributed by atoms with Crippen molar-refractivity contribution in [1.82, 2.24) is 15.1 Å². The number of nitrogens with one attached hydrogen (secondary N) is 1. The summed E-state index contributed by atoms with van der Waals surface area (Å²) in [5.41, 5.74) is 2.40. The quantitative estimate of drug-likeness (QED) is 0.903. The van der Waals surface area contributed by atoms with E-state index in [1.165, 1.54) is 11.3 Å². The van der Waals surface area contributed by atoms with E-state index in [4.69, 9.17) is 11.6 Å². The molecule has 0 amide bonds. The zero-order valence-corrected chi connectivity index (χ0v) is 10.8. The lowest BCUT2D eigenvalue weighted by Gasteiger charge is -2.14. The van der Waals surface area contributed by atoms with Crippen molar-refractivity contribution in [3.8, 4) is 0 Å². The summed E-state index contributed by atoms with van der Waals surface area (Å²) in [4.78, 5) is 0. The van der Waals surface area contributed by atoms with Gasteiger partial charge in [-0.15, -0.1) is 0 Å². The predicted molar refractivity (Wildman–Crippen MR) is 69.9 cm³/mol. The molecule has 90 valence electrons. The average molecular weight is 250 g/mol. The van der Waals surface area contributed by atoms with Crippen molar-refractivity contribution in [2.45, 2.75) is 19.5 Å². The first-order valence-corrected chi connectivity index (χ1v) is 6.00. The Bertz CT molecular complexity index is 476. The van der Waals surface area contributed by atoms with Gasteiger partial charge in [0.25, 0.3) is 0 Å². The van der Waals surface area contributed by atoms with E-state index in [9.17, 15) is 0 Å². The molecule has 1 N–H and O–H groups in total. The van der Waals surface area contributed by atoms with Gasteiger partial charge in [-0.05, 0) is 30.7 Å². The smallest absolute Gasteiger partial charge is 0.0518 e. The minimum Gasteiger partial charge on any atom is -0.305 e. The molecule has 0 saturated carbocycles. The van der Waals surface area contributed by atoms with Crippen LogP contribution in [0.4, 0.5) is 0 Å². The summed E-state index contributed by atoms with van der Waals surface area (Å²) in [7, 11) is 1.95. The van der Waals surface area contributed by atoms with Crippen LogP contribution in [0.15, 0.2) is 36.5 Å². The third-order valence-electron chi connectivity index (χ3n) is 2.88. The number of nitrogens with zero attached hydrogens (tertiary/aromatic N) is 2. The Kier molecular flexibility index (Phi) is 3.82. The SMILES string of the molecule is C[C@@H](NCc1ccnn1C)c1ccc(Cl)cc1.